The van der Waals surface area contributed by atoms with Gasteiger partial charge in [-0.1, -0.05) is 5.92 Å². The molecule has 2 heteroatoms. The highest BCUT2D eigenvalue weighted by molar-refractivity contribution is 5.81. The van der Waals surface area contributed by atoms with Crippen molar-refractivity contribution in [3.63, 3.8) is 0 Å². The molecule has 0 bridgehead atoms. The smallest absolute Gasteiger partial charge is 0.125 e. The molecule has 0 amide bonds. The lowest BCUT2D eigenvalue weighted by atomic mass is 10.2. The van der Waals surface area contributed by atoms with Crippen molar-refractivity contribution >= 4 is 10.9 Å². The fourth-order valence-electron chi connectivity index (χ4n) is 1.18. The van der Waals surface area contributed by atoms with Crippen LogP contribution >= 0.6 is 0 Å². The second-order valence-corrected chi connectivity index (χ2v) is 2.56. The number of aromatic nitrogens is 1. The van der Waals surface area contributed by atoms with Gasteiger partial charge in [-0.25, -0.2) is 4.39 Å². The van der Waals surface area contributed by atoms with E-state index in [9.17, 15) is 4.39 Å². The minimum Gasteiger partial charge on any atom is -0.348 e. The third-order valence-electron chi connectivity index (χ3n) is 1.74. The van der Waals surface area contributed by atoms with Gasteiger partial charge in [-0.2, -0.15) is 0 Å². The highest BCUT2D eigenvalue weighted by atomic mass is 19.1. The summed E-state index contributed by atoms with van der Waals surface area (Å²) in [6, 6.07) is 6.35. The number of hydrogen-bond donors (Lipinski definition) is 1. The van der Waals surface area contributed by atoms with Crippen LogP contribution in [0, 0.1) is 18.2 Å². The largest absolute Gasteiger partial charge is 0.348 e. The molecule has 2 aromatic rings. The Hall–Kier alpha value is -1.75. The van der Waals surface area contributed by atoms with E-state index in [1.165, 1.54) is 12.1 Å². The van der Waals surface area contributed by atoms with Gasteiger partial charge in [0.1, 0.15) is 5.82 Å². The lowest BCUT2D eigenvalue weighted by Gasteiger charge is -1.87. The molecular weight excluding hydrogens is 153 g/mol. The summed E-state index contributed by atoms with van der Waals surface area (Å²) in [5.74, 6) is 2.20. The first-order chi connectivity index (χ1) is 5.79. The van der Waals surface area contributed by atoms with Gasteiger partial charge >= 0.3 is 0 Å². The van der Waals surface area contributed by atoms with Crippen LogP contribution < -0.4 is 0 Å². The first-order valence-corrected chi connectivity index (χ1v) is 3.54. The van der Waals surface area contributed by atoms with Crippen molar-refractivity contribution in [3.8, 4) is 12.3 Å². The number of nitrogens with one attached hydrogen (secondary N) is 1. The average Bonchev–Trinajstić information content (AvgIpc) is 2.46. The molecule has 0 saturated heterocycles. The third-order valence-corrected chi connectivity index (χ3v) is 1.74. The van der Waals surface area contributed by atoms with E-state index in [0.717, 1.165) is 10.9 Å². The van der Waals surface area contributed by atoms with Gasteiger partial charge in [-0.15, -0.1) is 6.42 Å². The lowest BCUT2D eigenvalue weighted by molar-refractivity contribution is 0.629. The highest BCUT2D eigenvalue weighted by Gasteiger charge is 1.98. The predicted octanol–water partition coefficient (Wildman–Crippen LogP) is 2.29. The van der Waals surface area contributed by atoms with E-state index in [1.54, 1.807) is 6.07 Å². The van der Waals surface area contributed by atoms with Gasteiger partial charge in [-0.05, 0) is 24.3 Å². The Labute approximate surface area is 69.2 Å². The molecule has 1 aromatic heterocycles. The average molecular weight is 159 g/mol. The van der Waals surface area contributed by atoms with E-state index in [4.69, 9.17) is 6.42 Å². The van der Waals surface area contributed by atoms with E-state index >= 15 is 0 Å². The molecule has 0 atom stereocenters. The Bertz CT molecular complexity index is 462. The van der Waals surface area contributed by atoms with Crippen LogP contribution in [0.25, 0.3) is 10.9 Å². The normalized spacial score (nSPS) is 10.0. The number of rotatable bonds is 0. The van der Waals surface area contributed by atoms with Crippen molar-refractivity contribution in [2.45, 2.75) is 0 Å². The van der Waals surface area contributed by atoms with Crippen LogP contribution in [0.15, 0.2) is 24.3 Å². The van der Waals surface area contributed by atoms with Gasteiger partial charge in [0.2, 0.25) is 0 Å². The Morgan fingerprint density at radius 2 is 2.17 bits per heavy atom. The molecule has 0 radical (unpaired) electrons. The fourth-order valence-corrected chi connectivity index (χ4v) is 1.18. The Kier molecular flexibility index (Phi) is 1.38. The quantitative estimate of drug-likeness (QED) is 0.567. The van der Waals surface area contributed by atoms with E-state index in [1.807, 2.05) is 6.07 Å². The van der Waals surface area contributed by atoms with Crippen LogP contribution in [-0.4, -0.2) is 4.98 Å². The molecule has 0 unspecified atom stereocenters. The van der Waals surface area contributed by atoms with Crippen LogP contribution in [-0.2, 0) is 0 Å². The van der Waals surface area contributed by atoms with Crippen molar-refractivity contribution < 1.29 is 4.39 Å². The SMILES string of the molecule is C#Cc1cc2ccc(F)cc2[nH]1. The maximum Gasteiger partial charge on any atom is 0.125 e. The Morgan fingerprint density at radius 1 is 1.33 bits per heavy atom. The predicted molar refractivity (Wildman–Crippen MR) is 46.2 cm³/mol. The van der Waals surface area contributed by atoms with Crippen molar-refractivity contribution in [2.75, 3.05) is 0 Å². The van der Waals surface area contributed by atoms with Gasteiger partial charge in [0.05, 0.1) is 5.69 Å². The number of fused-ring (bicyclic) bond motifs is 1. The van der Waals surface area contributed by atoms with Gasteiger partial charge < -0.3 is 4.98 Å². The van der Waals surface area contributed by atoms with Crippen LogP contribution in [0.3, 0.4) is 0 Å². The van der Waals surface area contributed by atoms with Gasteiger partial charge in [0.25, 0.3) is 0 Å². The first-order valence-electron chi connectivity index (χ1n) is 3.54. The van der Waals surface area contributed by atoms with Gasteiger partial charge in [0, 0.05) is 10.9 Å². The molecular formula is C10H6FN. The van der Waals surface area contributed by atoms with Crippen LogP contribution in [0.5, 0.6) is 0 Å². The van der Waals surface area contributed by atoms with E-state index < -0.39 is 0 Å². The number of benzene rings is 1. The first kappa shape index (κ1) is 6.93. The summed E-state index contributed by atoms with van der Waals surface area (Å²) >= 11 is 0. The zero-order valence-electron chi connectivity index (χ0n) is 6.26. The van der Waals surface area contributed by atoms with Crippen molar-refractivity contribution in [2.24, 2.45) is 0 Å². The number of halogens is 1. The molecule has 2 rings (SSSR count). The summed E-state index contributed by atoms with van der Waals surface area (Å²) in [7, 11) is 0. The number of hydrogen-bond acceptors (Lipinski definition) is 0. The lowest BCUT2D eigenvalue weighted by Crippen LogP contribution is -1.72. The molecule has 12 heavy (non-hydrogen) atoms. The summed E-state index contributed by atoms with van der Waals surface area (Å²) in [6.45, 7) is 0. The molecule has 0 spiro atoms. The zero-order chi connectivity index (χ0) is 8.55. The zero-order valence-corrected chi connectivity index (χ0v) is 6.26. The minimum atomic E-state index is -0.257. The summed E-state index contributed by atoms with van der Waals surface area (Å²) in [6.07, 6.45) is 5.18. The third kappa shape index (κ3) is 0.960. The van der Waals surface area contributed by atoms with E-state index in [0.29, 0.717) is 5.69 Å². The molecule has 1 N–H and O–H groups in total. The number of terminal acetylenes is 1. The molecule has 1 heterocycles. The molecule has 0 aliphatic carbocycles. The summed E-state index contributed by atoms with van der Waals surface area (Å²) in [5.41, 5.74) is 1.42. The van der Waals surface area contributed by atoms with E-state index in [2.05, 4.69) is 10.9 Å². The minimum absolute atomic E-state index is 0.257. The van der Waals surface area contributed by atoms with Crippen molar-refractivity contribution in [1.82, 2.24) is 4.98 Å². The Morgan fingerprint density at radius 3 is 2.92 bits per heavy atom. The van der Waals surface area contributed by atoms with Crippen molar-refractivity contribution in [3.05, 3.63) is 35.8 Å². The number of aromatic amines is 1. The molecule has 0 aliphatic rings. The molecule has 1 aromatic carbocycles. The fraction of sp³-hybridized carbons (Fsp3) is 0. The molecule has 0 saturated carbocycles. The van der Waals surface area contributed by atoms with E-state index in [-0.39, 0.29) is 5.82 Å². The maximum atomic E-state index is 12.7. The van der Waals surface area contributed by atoms with Gasteiger partial charge in [0.15, 0.2) is 0 Å². The summed E-state index contributed by atoms with van der Waals surface area (Å²) < 4.78 is 12.7. The molecule has 0 fully saturated rings. The standard InChI is InChI=1S/C10H6FN/c1-2-9-5-7-3-4-8(11)6-10(7)12-9/h1,3-6,12H. The monoisotopic (exact) mass is 159 g/mol. The van der Waals surface area contributed by atoms with Crippen molar-refractivity contribution in [1.29, 1.82) is 0 Å². The van der Waals surface area contributed by atoms with Gasteiger partial charge in [-0.3, -0.25) is 0 Å². The number of H-pyrrole nitrogens is 1. The molecule has 0 aliphatic heterocycles. The second-order valence-electron chi connectivity index (χ2n) is 2.56. The molecule has 58 valence electrons. The van der Waals surface area contributed by atoms with Crippen LogP contribution in [0.2, 0.25) is 0 Å². The topological polar surface area (TPSA) is 15.8 Å². The maximum absolute atomic E-state index is 12.7. The van der Waals surface area contributed by atoms with Crippen LogP contribution in [0.1, 0.15) is 5.69 Å². The summed E-state index contributed by atoms with van der Waals surface area (Å²) in [5, 5.41) is 0.935. The highest BCUT2D eigenvalue weighted by Crippen LogP contribution is 2.15. The van der Waals surface area contributed by atoms with Crippen LogP contribution in [0.4, 0.5) is 4.39 Å². The molecule has 1 nitrogen and oxygen atoms in total. The Balaban J connectivity index is 2.77. The summed E-state index contributed by atoms with van der Waals surface area (Å²) in [4.78, 5) is 2.91. The second kappa shape index (κ2) is 2.38.